The van der Waals surface area contributed by atoms with Crippen LogP contribution in [0.15, 0.2) is 0 Å². The second-order valence-electron chi connectivity index (χ2n) is 7.77. The van der Waals surface area contributed by atoms with E-state index in [1.807, 2.05) is 0 Å². The summed E-state index contributed by atoms with van der Waals surface area (Å²) in [6.07, 6.45) is 2.41. The minimum absolute atomic E-state index is 0.212. The van der Waals surface area contributed by atoms with E-state index in [4.69, 9.17) is 0 Å². The molecule has 0 unspecified atom stereocenters. The Hall–Kier alpha value is -0.715. The second-order valence-corrected chi connectivity index (χ2v) is 7.77. The lowest BCUT2D eigenvalue weighted by atomic mass is 9.63. The van der Waals surface area contributed by atoms with E-state index in [-0.39, 0.29) is 5.41 Å². The highest BCUT2D eigenvalue weighted by Crippen LogP contribution is 2.37. The zero-order valence-electron chi connectivity index (χ0n) is 15.4. The zero-order chi connectivity index (χ0) is 15.9. The fourth-order valence-electron chi connectivity index (χ4n) is 3.98. The van der Waals surface area contributed by atoms with Crippen molar-refractivity contribution in [1.82, 2.24) is 0 Å². The molecule has 1 rings (SSSR count). The molecule has 0 radical (unpaired) electrons. The van der Waals surface area contributed by atoms with Crippen molar-refractivity contribution in [3.63, 3.8) is 0 Å². The van der Waals surface area contributed by atoms with Crippen LogP contribution in [0, 0.1) is 20.8 Å². The first-order valence-electron chi connectivity index (χ1n) is 8.12. The zero-order valence-corrected chi connectivity index (χ0v) is 15.4. The maximum absolute atomic E-state index is 2.43. The van der Waals surface area contributed by atoms with Crippen molar-refractivity contribution < 1.29 is 0 Å². The van der Waals surface area contributed by atoms with Gasteiger partial charge in [-0.3, -0.25) is 0 Å². The van der Waals surface area contributed by atoms with Gasteiger partial charge in [-0.25, -0.2) is 0 Å². The smallest absolute Gasteiger partial charge is 0.0811 e. The highest BCUT2D eigenvalue weighted by molar-refractivity contribution is 6.35. The molecule has 0 aliphatic heterocycles. The van der Waals surface area contributed by atoms with E-state index in [9.17, 15) is 0 Å². The molecule has 0 saturated heterocycles. The van der Waals surface area contributed by atoms with Gasteiger partial charge in [0.05, 0.1) is 0 Å². The second kappa shape index (κ2) is 5.58. The molecule has 0 atom stereocenters. The summed E-state index contributed by atoms with van der Waals surface area (Å²) >= 11 is 0. The fourth-order valence-corrected chi connectivity index (χ4v) is 3.98. The standard InChI is InChI=1S/C19H33B/c1-10-19(9,11-2)16-14(5)12(3)13(4)15(17(16)20)18(6,7)8/h10-11,20H2,1-9H3. The number of benzene rings is 1. The van der Waals surface area contributed by atoms with Crippen molar-refractivity contribution in [2.75, 3.05) is 0 Å². The highest BCUT2D eigenvalue weighted by Gasteiger charge is 2.31. The SMILES string of the molecule is Bc1c(C(C)(C)C)c(C)c(C)c(C)c1C(C)(CC)CC. The van der Waals surface area contributed by atoms with Crippen LogP contribution < -0.4 is 5.46 Å². The van der Waals surface area contributed by atoms with Crippen molar-refractivity contribution in [1.29, 1.82) is 0 Å². The van der Waals surface area contributed by atoms with Crippen LogP contribution >= 0.6 is 0 Å². The molecule has 0 N–H and O–H groups in total. The molecule has 20 heavy (non-hydrogen) atoms. The van der Waals surface area contributed by atoms with Gasteiger partial charge in [0.2, 0.25) is 0 Å². The molecule has 0 saturated carbocycles. The largest absolute Gasteiger partial charge is 0.140 e. The maximum Gasteiger partial charge on any atom is 0.140 e. The molecular weight excluding hydrogens is 239 g/mol. The van der Waals surface area contributed by atoms with Gasteiger partial charge in [-0.05, 0) is 72.3 Å². The van der Waals surface area contributed by atoms with E-state index in [0.717, 1.165) is 0 Å². The van der Waals surface area contributed by atoms with Gasteiger partial charge in [-0.2, -0.15) is 0 Å². The molecule has 0 aliphatic rings. The topological polar surface area (TPSA) is 0 Å². The molecule has 0 aromatic heterocycles. The lowest BCUT2D eigenvalue weighted by molar-refractivity contribution is 0.437. The van der Waals surface area contributed by atoms with Crippen LogP contribution in [0.3, 0.4) is 0 Å². The van der Waals surface area contributed by atoms with Crippen molar-refractivity contribution >= 4 is 13.3 Å². The van der Waals surface area contributed by atoms with Gasteiger partial charge in [-0.15, -0.1) is 0 Å². The molecule has 0 fully saturated rings. The average molecular weight is 272 g/mol. The quantitative estimate of drug-likeness (QED) is 0.722. The first-order valence-corrected chi connectivity index (χ1v) is 8.12. The van der Waals surface area contributed by atoms with Crippen molar-refractivity contribution in [3.8, 4) is 0 Å². The predicted molar refractivity (Wildman–Crippen MR) is 95.5 cm³/mol. The van der Waals surface area contributed by atoms with E-state index >= 15 is 0 Å². The molecule has 112 valence electrons. The van der Waals surface area contributed by atoms with E-state index in [2.05, 4.69) is 70.2 Å². The summed E-state index contributed by atoms with van der Waals surface area (Å²) in [6, 6.07) is 0. The highest BCUT2D eigenvalue weighted by atomic mass is 14.3. The fraction of sp³-hybridized carbons (Fsp3) is 0.684. The molecule has 0 heterocycles. The summed E-state index contributed by atoms with van der Waals surface area (Å²) < 4.78 is 0. The molecule has 0 nitrogen and oxygen atoms in total. The Kier molecular flexibility index (Phi) is 4.84. The van der Waals surface area contributed by atoms with Crippen molar-refractivity contribution in [3.05, 3.63) is 27.8 Å². The van der Waals surface area contributed by atoms with Crippen LogP contribution in [0.25, 0.3) is 0 Å². The summed E-state index contributed by atoms with van der Waals surface area (Å²) in [5, 5.41) is 0. The average Bonchev–Trinajstić information content (AvgIpc) is 2.34. The molecule has 0 aliphatic carbocycles. The van der Waals surface area contributed by atoms with Gasteiger partial charge < -0.3 is 0 Å². The molecule has 0 bridgehead atoms. The predicted octanol–water partition coefficient (Wildman–Crippen LogP) is 4.25. The minimum Gasteiger partial charge on any atom is -0.0811 e. The Morgan fingerprint density at radius 1 is 0.750 bits per heavy atom. The molecular formula is C19H33B. The van der Waals surface area contributed by atoms with Crippen molar-refractivity contribution in [2.45, 2.75) is 86.0 Å². The normalized spacial score (nSPS) is 12.8. The van der Waals surface area contributed by atoms with Gasteiger partial charge in [0.15, 0.2) is 0 Å². The van der Waals surface area contributed by atoms with E-state index in [1.165, 1.54) is 35.0 Å². The third kappa shape index (κ3) is 2.69. The van der Waals surface area contributed by atoms with Crippen LogP contribution in [0.2, 0.25) is 0 Å². The van der Waals surface area contributed by atoms with E-state index in [1.54, 1.807) is 11.1 Å². The monoisotopic (exact) mass is 272 g/mol. The van der Waals surface area contributed by atoms with Crippen LogP contribution in [-0.4, -0.2) is 7.85 Å². The van der Waals surface area contributed by atoms with Crippen LogP contribution in [0.4, 0.5) is 0 Å². The lowest BCUT2D eigenvalue weighted by Crippen LogP contribution is -2.36. The number of rotatable bonds is 3. The number of hydrogen-bond donors (Lipinski definition) is 0. The summed E-state index contributed by atoms with van der Waals surface area (Å²) in [5.74, 6) is 0. The first-order chi connectivity index (χ1) is 9.01. The van der Waals surface area contributed by atoms with Crippen molar-refractivity contribution in [2.24, 2.45) is 0 Å². The molecule has 1 aromatic rings. The van der Waals surface area contributed by atoms with Gasteiger partial charge in [0.25, 0.3) is 0 Å². The van der Waals surface area contributed by atoms with Gasteiger partial charge in [0, 0.05) is 0 Å². The maximum atomic E-state index is 2.43. The van der Waals surface area contributed by atoms with Crippen LogP contribution in [-0.2, 0) is 10.8 Å². The van der Waals surface area contributed by atoms with E-state index < -0.39 is 0 Å². The Bertz CT molecular complexity index is 500. The summed E-state index contributed by atoms with van der Waals surface area (Å²) in [4.78, 5) is 0. The Labute approximate surface area is 127 Å². The molecule has 0 amide bonds. The third-order valence-corrected chi connectivity index (χ3v) is 5.54. The first kappa shape index (κ1) is 17.3. The van der Waals surface area contributed by atoms with E-state index in [0.29, 0.717) is 5.41 Å². The molecule has 0 spiro atoms. The Balaban J connectivity index is 3.84. The van der Waals surface area contributed by atoms with Crippen LogP contribution in [0.1, 0.15) is 82.2 Å². The summed E-state index contributed by atoms with van der Waals surface area (Å²) in [6.45, 7) is 21.0. The Morgan fingerprint density at radius 3 is 1.50 bits per heavy atom. The Morgan fingerprint density at radius 2 is 1.15 bits per heavy atom. The minimum atomic E-state index is 0.212. The molecule has 1 heteroatoms. The van der Waals surface area contributed by atoms with Gasteiger partial charge in [0.1, 0.15) is 7.85 Å². The van der Waals surface area contributed by atoms with Gasteiger partial charge >= 0.3 is 0 Å². The summed E-state index contributed by atoms with van der Waals surface area (Å²) in [5.41, 5.74) is 9.70. The van der Waals surface area contributed by atoms with Gasteiger partial charge in [-0.1, -0.05) is 47.0 Å². The lowest BCUT2D eigenvalue weighted by Gasteiger charge is -2.37. The third-order valence-electron chi connectivity index (χ3n) is 5.54. The molecule has 1 aromatic carbocycles. The summed E-state index contributed by atoms with van der Waals surface area (Å²) in [7, 11) is 2.35. The number of hydrogen-bond acceptors (Lipinski definition) is 0. The van der Waals surface area contributed by atoms with Crippen LogP contribution in [0.5, 0.6) is 0 Å².